The SMILES string of the molecule is CC/C=C\C/C=C\C/C=C\C/C=C\C/C=C\C/C=C\CCC(=O)OC[C@H](COP(=O)(O)OC[C@@H](O)COP(=O)(O)OC[C@@H](COC(=O)CCCCCCCCC/C=C\CCCCCC)OC(=O)CCCCC/C=C\C/C=C\C/C=C\C/C=C\C/C=C\CC)OC(=O)CC/C=C\C/C=C\C/C=C\C/C=C\C/C=C\C/C=C\CC. The lowest BCUT2D eigenvalue weighted by Crippen LogP contribution is -2.30. The number of carbonyl (C=O) groups is 4. The number of allylic oxidation sites excluding steroid dienone is 36. The van der Waals surface area contributed by atoms with Crippen molar-refractivity contribution in [1.29, 1.82) is 0 Å². The van der Waals surface area contributed by atoms with Gasteiger partial charge in [-0.1, -0.05) is 304 Å². The highest BCUT2D eigenvalue weighted by Gasteiger charge is 2.30. The Labute approximate surface area is 677 Å². The molecular weight excluding hydrogens is 1450 g/mol. The first-order valence-corrected chi connectivity index (χ1v) is 45.0. The number of hydrogen-bond donors (Lipinski definition) is 3. The number of phosphoric ester groups is 2. The first-order chi connectivity index (χ1) is 54.7. The van der Waals surface area contributed by atoms with Crippen molar-refractivity contribution in [2.75, 3.05) is 39.6 Å². The molecule has 0 amide bonds. The van der Waals surface area contributed by atoms with Crippen molar-refractivity contribution in [3.8, 4) is 0 Å². The van der Waals surface area contributed by atoms with Crippen molar-refractivity contribution in [1.82, 2.24) is 0 Å². The molecule has 17 nitrogen and oxygen atoms in total. The van der Waals surface area contributed by atoms with Gasteiger partial charge >= 0.3 is 39.5 Å². The molecule has 3 N–H and O–H groups in total. The van der Waals surface area contributed by atoms with E-state index in [2.05, 4.69) is 210 Å². The fourth-order valence-corrected chi connectivity index (χ4v) is 11.8. The summed E-state index contributed by atoms with van der Waals surface area (Å²) in [5.74, 6) is -2.44. The number of phosphoric acid groups is 2. The average molecular weight is 1600 g/mol. The van der Waals surface area contributed by atoms with Crippen molar-refractivity contribution in [3.63, 3.8) is 0 Å². The van der Waals surface area contributed by atoms with Gasteiger partial charge in [0.15, 0.2) is 12.2 Å². The summed E-state index contributed by atoms with van der Waals surface area (Å²) in [6.45, 7) is 4.28. The maximum Gasteiger partial charge on any atom is 0.472 e. The van der Waals surface area contributed by atoms with Crippen LogP contribution in [-0.4, -0.2) is 96.7 Å². The molecule has 0 aromatic carbocycles. The minimum atomic E-state index is -5.03. The van der Waals surface area contributed by atoms with Crippen LogP contribution in [0.2, 0.25) is 0 Å². The number of ether oxygens (including phenoxy) is 4. The Kier molecular flexibility index (Phi) is 77.5. The van der Waals surface area contributed by atoms with E-state index in [4.69, 9.17) is 37.0 Å². The highest BCUT2D eigenvalue weighted by molar-refractivity contribution is 7.47. The van der Waals surface area contributed by atoms with Crippen LogP contribution in [-0.2, 0) is 65.4 Å². The molecule has 0 aromatic heterocycles. The van der Waals surface area contributed by atoms with Crippen molar-refractivity contribution >= 4 is 39.5 Å². The lowest BCUT2D eigenvalue weighted by Gasteiger charge is -2.21. The van der Waals surface area contributed by atoms with Crippen LogP contribution in [0.15, 0.2) is 219 Å². The molecule has 0 saturated carbocycles. The first kappa shape index (κ1) is 105. The average Bonchev–Trinajstić information content (AvgIpc) is 0.908. The van der Waals surface area contributed by atoms with Gasteiger partial charge in [0.05, 0.1) is 26.4 Å². The topological polar surface area (TPSA) is 237 Å². The lowest BCUT2D eigenvalue weighted by atomic mass is 10.1. The summed E-state index contributed by atoms with van der Waals surface area (Å²) >= 11 is 0. The zero-order valence-electron chi connectivity index (χ0n) is 69.0. The second kappa shape index (κ2) is 82.4. The molecule has 0 aliphatic rings. The van der Waals surface area contributed by atoms with E-state index in [-0.39, 0.29) is 25.7 Å². The van der Waals surface area contributed by atoms with Crippen LogP contribution in [0.1, 0.15) is 285 Å². The molecule has 0 radical (unpaired) electrons. The smallest absolute Gasteiger partial charge is 0.462 e. The molecule has 0 rings (SSSR count). The van der Waals surface area contributed by atoms with Gasteiger partial charge in [-0.2, -0.15) is 0 Å². The molecule has 0 aromatic rings. The van der Waals surface area contributed by atoms with Crippen molar-refractivity contribution in [2.45, 2.75) is 303 Å². The van der Waals surface area contributed by atoms with Crippen molar-refractivity contribution in [2.24, 2.45) is 0 Å². The van der Waals surface area contributed by atoms with E-state index in [0.29, 0.717) is 38.5 Å². The third kappa shape index (κ3) is 81.4. The molecule has 0 aliphatic heterocycles. The van der Waals surface area contributed by atoms with Crippen LogP contribution in [0.4, 0.5) is 0 Å². The molecular formula is C93H146O17P2. The molecule has 0 bridgehead atoms. The van der Waals surface area contributed by atoms with E-state index in [9.17, 15) is 43.2 Å². The zero-order valence-corrected chi connectivity index (χ0v) is 70.8. The van der Waals surface area contributed by atoms with E-state index < -0.39 is 97.5 Å². The Morgan fingerprint density at radius 1 is 0.259 bits per heavy atom. The van der Waals surface area contributed by atoms with E-state index in [1.165, 1.54) is 25.7 Å². The van der Waals surface area contributed by atoms with Gasteiger partial charge in [0.2, 0.25) is 0 Å². The minimum Gasteiger partial charge on any atom is -0.462 e. The second-order valence-corrected chi connectivity index (χ2v) is 29.8. The van der Waals surface area contributed by atoms with E-state index >= 15 is 0 Å². The number of unbranched alkanes of at least 4 members (excludes halogenated alkanes) is 14. The van der Waals surface area contributed by atoms with E-state index in [1.54, 1.807) is 0 Å². The quantitative estimate of drug-likeness (QED) is 0.0169. The normalized spacial score (nSPS) is 14.9. The van der Waals surface area contributed by atoms with Gasteiger partial charge in [0.1, 0.15) is 19.3 Å². The van der Waals surface area contributed by atoms with Crippen LogP contribution in [0.5, 0.6) is 0 Å². The molecule has 0 heterocycles. The van der Waals surface area contributed by atoms with Gasteiger partial charge in [-0.25, -0.2) is 9.13 Å². The standard InChI is InChI=1S/C93H146O17P2/c1-5-9-13-17-21-25-29-33-37-40-43-46-50-54-58-62-66-70-74-78-91(96)104-84-89(110-93(98)80-76-72-68-64-60-56-52-48-45-42-39-35-31-27-23-19-15-11-7-3)86-108-112(101,102)106-82-87(94)81-105-111(99,100)107-85-88(83-103-90(95)77-73-69-65-61-57-53-49-36-32-28-24-20-16-12-8-4)109-92(97)79-75-71-67-63-59-55-51-47-44-41-38-34-30-26-22-18-14-10-6-2/h9-11,13-15,21-23,25-28,32-35,37-39,43-48,54-56,58-60,66,68,70,72,87-89,94H,5-8,12,16-20,24,29-31,36,40-42,49-53,57,61-65,67,69,71,73-86H2,1-4H3,(H,99,100)(H,101,102)/b13-9-,14-10-,15-11-,25-21-,26-22-,27-23-,32-28-,37-33-,38-34-,39-35-,46-43-,47-44-,48-45-,58-54-,59-55-,60-56-,70-66-,72-68-/t87-,88+,89+/m0/s1. The number of rotatable bonds is 76. The summed E-state index contributed by atoms with van der Waals surface area (Å²) in [7, 11) is -10.0. The number of aliphatic hydroxyl groups excluding tert-OH is 1. The molecule has 5 atom stereocenters. The van der Waals surface area contributed by atoms with Crippen molar-refractivity contribution < 1.29 is 80.2 Å². The fraction of sp³-hybridized carbons (Fsp3) is 0.570. The summed E-state index contributed by atoms with van der Waals surface area (Å²) in [5.41, 5.74) is 0. The first-order valence-electron chi connectivity index (χ1n) is 42.0. The van der Waals surface area contributed by atoms with E-state index in [1.807, 2.05) is 36.5 Å². The van der Waals surface area contributed by atoms with Crippen molar-refractivity contribution in [3.05, 3.63) is 219 Å². The van der Waals surface area contributed by atoms with Gasteiger partial charge in [-0.05, 0) is 173 Å². The summed E-state index contributed by atoms with van der Waals surface area (Å²) in [6.07, 6.45) is 105. The van der Waals surface area contributed by atoms with Gasteiger partial charge in [-0.15, -0.1) is 0 Å². The Balaban J connectivity index is 5.59. The third-order valence-electron chi connectivity index (χ3n) is 16.4. The Hall–Kier alpha value is -6.62. The molecule has 112 heavy (non-hydrogen) atoms. The number of hydrogen-bond acceptors (Lipinski definition) is 15. The molecule has 630 valence electrons. The molecule has 0 aliphatic carbocycles. The summed E-state index contributed by atoms with van der Waals surface area (Å²) < 4.78 is 68.6. The van der Waals surface area contributed by atoms with Gasteiger partial charge in [-0.3, -0.25) is 37.3 Å². The van der Waals surface area contributed by atoms with Gasteiger partial charge < -0.3 is 33.8 Å². The number of carbonyl (C=O) groups excluding carboxylic acids is 4. The lowest BCUT2D eigenvalue weighted by molar-refractivity contribution is -0.161. The highest BCUT2D eigenvalue weighted by atomic mass is 31.2. The number of aliphatic hydroxyl groups is 1. The van der Waals surface area contributed by atoms with Crippen LogP contribution in [0, 0.1) is 0 Å². The van der Waals surface area contributed by atoms with Crippen LogP contribution in [0.25, 0.3) is 0 Å². The van der Waals surface area contributed by atoms with Crippen LogP contribution < -0.4 is 0 Å². The molecule has 0 spiro atoms. The number of esters is 4. The molecule has 0 saturated heterocycles. The highest BCUT2D eigenvalue weighted by Crippen LogP contribution is 2.45. The third-order valence-corrected chi connectivity index (χ3v) is 18.3. The molecule has 0 fully saturated rings. The molecule has 2 unspecified atom stereocenters. The minimum absolute atomic E-state index is 0.00998. The monoisotopic (exact) mass is 1600 g/mol. The fourth-order valence-electron chi connectivity index (χ4n) is 10.2. The van der Waals surface area contributed by atoms with Gasteiger partial charge in [0.25, 0.3) is 0 Å². The van der Waals surface area contributed by atoms with Crippen LogP contribution >= 0.6 is 15.6 Å². The summed E-state index contributed by atoms with van der Waals surface area (Å²) in [5, 5.41) is 10.7. The Bertz CT molecular complexity index is 2990. The van der Waals surface area contributed by atoms with E-state index in [0.717, 1.165) is 167 Å². The van der Waals surface area contributed by atoms with Gasteiger partial charge in [0, 0.05) is 25.7 Å². The zero-order chi connectivity index (χ0) is 81.7. The van der Waals surface area contributed by atoms with Crippen LogP contribution in [0.3, 0.4) is 0 Å². The predicted molar refractivity (Wildman–Crippen MR) is 463 cm³/mol. The molecule has 19 heteroatoms. The Morgan fingerprint density at radius 2 is 0.482 bits per heavy atom. The predicted octanol–water partition coefficient (Wildman–Crippen LogP) is 25.2. The summed E-state index contributed by atoms with van der Waals surface area (Å²) in [6, 6.07) is 0. The second-order valence-electron chi connectivity index (χ2n) is 26.9. The summed E-state index contributed by atoms with van der Waals surface area (Å²) in [4.78, 5) is 73.2. The Morgan fingerprint density at radius 3 is 0.804 bits per heavy atom. The maximum atomic E-state index is 13.1. The largest absolute Gasteiger partial charge is 0.472 e. The maximum absolute atomic E-state index is 13.1.